The van der Waals surface area contributed by atoms with E-state index in [4.69, 9.17) is 9.47 Å². The molecule has 1 saturated heterocycles. The number of hydrogen-bond acceptors (Lipinski definition) is 3. The van der Waals surface area contributed by atoms with Gasteiger partial charge >= 0.3 is 6.11 Å². The van der Waals surface area contributed by atoms with E-state index in [2.05, 4.69) is 35.9 Å². The second-order valence-electron chi connectivity index (χ2n) is 11.3. The first-order valence-corrected chi connectivity index (χ1v) is 13.7. The van der Waals surface area contributed by atoms with Crippen molar-refractivity contribution in [3.63, 3.8) is 0 Å². The highest BCUT2D eigenvalue weighted by Crippen LogP contribution is 2.46. The van der Waals surface area contributed by atoms with Gasteiger partial charge in [0.2, 0.25) is 0 Å². The number of rotatable bonds is 6. The minimum absolute atomic E-state index is 0.176. The summed E-state index contributed by atoms with van der Waals surface area (Å²) < 4.78 is 86.4. The Balaban J connectivity index is 1.06. The van der Waals surface area contributed by atoms with Crippen molar-refractivity contribution in [3.8, 4) is 5.75 Å². The van der Waals surface area contributed by atoms with Gasteiger partial charge in [-0.1, -0.05) is 29.8 Å². The van der Waals surface area contributed by atoms with Crippen molar-refractivity contribution in [1.29, 1.82) is 0 Å². The van der Waals surface area contributed by atoms with Crippen LogP contribution in [-0.2, 0) is 9.47 Å². The van der Waals surface area contributed by atoms with Crippen LogP contribution in [0.3, 0.4) is 0 Å². The van der Waals surface area contributed by atoms with E-state index in [-0.39, 0.29) is 25.0 Å². The molecule has 0 N–H and O–H groups in total. The number of alkyl halides is 2. The fourth-order valence-electron chi connectivity index (χ4n) is 6.47. The molecule has 2 aliphatic carbocycles. The Hall–Kier alpha value is -2.19. The van der Waals surface area contributed by atoms with Crippen LogP contribution in [0.2, 0.25) is 0 Å². The molecule has 8 heteroatoms. The maximum atomic E-state index is 14.8. The summed E-state index contributed by atoms with van der Waals surface area (Å²) in [6, 6.07) is 9.41. The Kier molecular flexibility index (Phi) is 8.29. The molecule has 0 unspecified atom stereocenters. The summed E-state index contributed by atoms with van der Waals surface area (Å²) >= 11 is 0. The number of halogens is 5. The minimum atomic E-state index is -3.58. The third-order valence-corrected chi connectivity index (χ3v) is 8.80. The average molecular weight is 539 g/mol. The molecule has 2 aromatic carbocycles. The molecule has 208 valence electrons. The van der Waals surface area contributed by atoms with E-state index >= 15 is 0 Å². The Morgan fingerprint density at radius 1 is 0.737 bits per heavy atom. The highest BCUT2D eigenvalue weighted by atomic mass is 19.3. The van der Waals surface area contributed by atoms with E-state index in [0.29, 0.717) is 55.9 Å². The number of benzene rings is 2. The van der Waals surface area contributed by atoms with Gasteiger partial charge in [0, 0.05) is 24.0 Å². The van der Waals surface area contributed by atoms with Crippen LogP contribution in [0.5, 0.6) is 5.75 Å². The summed E-state index contributed by atoms with van der Waals surface area (Å²) in [5.41, 5.74) is 2.47. The topological polar surface area (TPSA) is 27.7 Å². The predicted octanol–water partition coefficient (Wildman–Crippen LogP) is 8.15. The zero-order valence-electron chi connectivity index (χ0n) is 21.6. The zero-order valence-corrected chi connectivity index (χ0v) is 21.6. The molecular formula is C30H35F5O3. The van der Waals surface area contributed by atoms with Crippen LogP contribution in [0, 0.1) is 48.0 Å². The van der Waals surface area contributed by atoms with Crippen molar-refractivity contribution >= 4 is 0 Å². The van der Waals surface area contributed by atoms with Crippen molar-refractivity contribution in [2.75, 3.05) is 13.2 Å². The first kappa shape index (κ1) is 27.4. The van der Waals surface area contributed by atoms with Gasteiger partial charge in [-0.25, -0.2) is 13.2 Å². The Morgan fingerprint density at radius 3 is 1.79 bits per heavy atom. The van der Waals surface area contributed by atoms with E-state index in [1.807, 2.05) is 0 Å². The molecule has 0 radical (unpaired) electrons. The van der Waals surface area contributed by atoms with Crippen molar-refractivity contribution < 1.29 is 36.2 Å². The van der Waals surface area contributed by atoms with E-state index in [0.717, 1.165) is 25.7 Å². The second kappa shape index (κ2) is 11.5. The Labute approximate surface area is 220 Å². The first-order valence-electron chi connectivity index (χ1n) is 13.7. The molecule has 1 aliphatic heterocycles. The molecule has 0 aromatic heterocycles. The molecule has 0 spiro atoms. The second-order valence-corrected chi connectivity index (χ2v) is 11.3. The highest BCUT2D eigenvalue weighted by molar-refractivity contribution is 5.26. The lowest BCUT2D eigenvalue weighted by atomic mass is 9.69. The van der Waals surface area contributed by atoms with Crippen LogP contribution in [0.4, 0.5) is 22.0 Å². The summed E-state index contributed by atoms with van der Waals surface area (Å²) in [5.74, 6) is -5.08. The lowest BCUT2D eigenvalue weighted by Crippen LogP contribution is -2.40. The summed E-state index contributed by atoms with van der Waals surface area (Å²) in [6.45, 7) is 3.39. The standard InChI is InChI=1S/C30H35F5O3/c1-18-2-4-21(5-3-18)23-16-36-29(37-17-23)22-8-6-19(7-9-22)20-10-12-24(13-11-20)30(34,35)38-25-14-26(31)28(33)27(32)15-25/h2-5,14-15,19-20,22-24,29H,6-13,16-17H2,1H3. The molecule has 3 nitrogen and oxygen atoms in total. The lowest BCUT2D eigenvalue weighted by Gasteiger charge is -2.41. The summed E-state index contributed by atoms with van der Waals surface area (Å²) in [7, 11) is 0. The molecule has 1 heterocycles. The smallest absolute Gasteiger partial charge is 0.400 e. The molecule has 2 aromatic rings. The summed E-state index contributed by atoms with van der Waals surface area (Å²) in [6.07, 6.45) is 2.21. The quantitative estimate of drug-likeness (QED) is 0.274. The lowest BCUT2D eigenvalue weighted by molar-refractivity contribution is -0.226. The first-order chi connectivity index (χ1) is 18.2. The van der Waals surface area contributed by atoms with Crippen molar-refractivity contribution in [3.05, 3.63) is 65.0 Å². The van der Waals surface area contributed by atoms with Crippen molar-refractivity contribution in [2.24, 2.45) is 23.7 Å². The van der Waals surface area contributed by atoms with Crippen LogP contribution in [0.1, 0.15) is 68.4 Å². The number of ether oxygens (including phenoxy) is 3. The molecule has 3 aliphatic rings. The fraction of sp³-hybridized carbons (Fsp3) is 0.600. The van der Waals surface area contributed by atoms with Crippen molar-refractivity contribution in [2.45, 2.75) is 76.6 Å². The number of hydrogen-bond donors (Lipinski definition) is 0. The molecule has 0 atom stereocenters. The highest BCUT2D eigenvalue weighted by Gasteiger charge is 2.45. The molecule has 5 rings (SSSR count). The van der Waals surface area contributed by atoms with Gasteiger partial charge in [-0.15, -0.1) is 0 Å². The van der Waals surface area contributed by atoms with E-state index < -0.39 is 35.2 Å². The van der Waals surface area contributed by atoms with Gasteiger partial charge in [0.15, 0.2) is 23.7 Å². The Morgan fingerprint density at radius 2 is 1.24 bits per heavy atom. The predicted molar refractivity (Wildman–Crippen MR) is 132 cm³/mol. The van der Waals surface area contributed by atoms with E-state index in [1.54, 1.807) is 0 Å². The van der Waals surface area contributed by atoms with Gasteiger partial charge in [-0.3, -0.25) is 0 Å². The van der Waals surface area contributed by atoms with Crippen LogP contribution in [0.15, 0.2) is 36.4 Å². The van der Waals surface area contributed by atoms with Gasteiger partial charge in [0.1, 0.15) is 5.75 Å². The normalized spacial score (nSPS) is 30.7. The zero-order chi connectivity index (χ0) is 26.9. The minimum Gasteiger partial charge on any atom is -0.432 e. The van der Waals surface area contributed by atoms with Crippen LogP contribution in [-0.4, -0.2) is 25.6 Å². The molecule has 2 saturated carbocycles. The van der Waals surface area contributed by atoms with Crippen LogP contribution in [0.25, 0.3) is 0 Å². The summed E-state index contributed by atoms with van der Waals surface area (Å²) in [5, 5.41) is 0. The maximum absolute atomic E-state index is 14.8. The third kappa shape index (κ3) is 6.17. The molecule has 0 amide bonds. The van der Waals surface area contributed by atoms with Gasteiger partial charge in [0.05, 0.1) is 19.1 Å². The van der Waals surface area contributed by atoms with Gasteiger partial charge < -0.3 is 14.2 Å². The van der Waals surface area contributed by atoms with Crippen molar-refractivity contribution in [1.82, 2.24) is 0 Å². The molecular weight excluding hydrogens is 503 g/mol. The van der Waals surface area contributed by atoms with E-state index in [9.17, 15) is 22.0 Å². The van der Waals surface area contributed by atoms with Gasteiger partial charge in [-0.2, -0.15) is 8.78 Å². The molecule has 38 heavy (non-hydrogen) atoms. The van der Waals surface area contributed by atoms with Crippen LogP contribution < -0.4 is 4.74 Å². The van der Waals surface area contributed by atoms with Crippen LogP contribution >= 0.6 is 0 Å². The van der Waals surface area contributed by atoms with Gasteiger partial charge in [0.25, 0.3) is 0 Å². The third-order valence-electron chi connectivity index (χ3n) is 8.80. The maximum Gasteiger partial charge on any atom is 0.400 e. The van der Waals surface area contributed by atoms with E-state index in [1.165, 1.54) is 11.1 Å². The SMILES string of the molecule is Cc1ccc(C2COC(C3CCC(C4CCC(C(F)(F)Oc5cc(F)c(F)c(F)c5)CC4)CC3)OC2)cc1. The van der Waals surface area contributed by atoms with Gasteiger partial charge in [-0.05, 0) is 75.7 Å². The molecule has 0 bridgehead atoms. The average Bonchev–Trinajstić information content (AvgIpc) is 2.92. The fourth-order valence-corrected chi connectivity index (χ4v) is 6.47. The largest absolute Gasteiger partial charge is 0.432 e. The molecule has 3 fully saturated rings. The number of aryl methyl sites for hydroxylation is 1. The Bertz CT molecular complexity index is 1040. The summed E-state index contributed by atoms with van der Waals surface area (Å²) in [4.78, 5) is 0. The monoisotopic (exact) mass is 538 g/mol.